The second-order valence-electron chi connectivity index (χ2n) is 6.47. The maximum atomic E-state index is 12.7. The molecule has 0 fully saturated rings. The molecular formula is C23H20N2O4. The fraction of sp³-hybridized carbons (Fsp3) is 0.130. The molecule has 0 radical (unpaired) electrons. The van der Waals surface area contributed by atoms with Crippen molar-refractivity contribution < 1.29 is 18.7 Å². The zero-order chi connectivity index (χ0) is 20.2. The van der Waals surface area contributed by atoms with Crippen molar-refractivity contribution in [1.29, 1.82) is 0 Å². The average molecular weight is 388 g/mol. The molecule has 1 aromatic heterocycles. The molecule has 4 rings (SSSR count). The highest BCUT2D eigenvalue weighted by Gasteiger charge is 2.15. The van der Waals surface area contributed by atoms with Crippen LogP contribution in [0.25, 0.3) is 11.1 Å². The number of methoxy groups -OCH3 is 2. The van der Waals surface area contributed by atoms with Crippen LogP contribution >= 0.6 is 0 Å². The van der Waals surface area contributed by atoms with Gasteiger partial charge in [-0.1, -0.05) is 30.3 Å². The van der Waals surface area contributed by atoms with Crippen molar-refractivity contribution in [3.63, 3.8) is 0 Å². The van der Waals surface area contributed by atoms with Gasteiger partial charge < -0.3 is 19.2 Å². The van der Waals surface area contributed by atoms with Gasteiger partial charge >= 0.3 is 0 Å². The van der Waals surface area contributed by atoms with E-state index in [1.54, 1.807) is 43.5 Å². The first-order chi connectivity index (χ1) is 14.2. The first-order valence-corrected chi connectivity index (χ1v) is 9.13. The van der Waals surface area contributed by atoms with Gasteiger partial charge in [0.2, 0.25) is 0 Å². The van der Waals surface area contributed by atoms with Crippen molar-refractivity contribution in [3.05, 3.63) is 83.7 Å². The number of carbonyl (C=O) groups is 1. The van der Waals surface area contributed by atoms with Crippen LogP contribution in [0.1, 0.15) is 21.8 Å². The first kappa shape index (κ1) is 18.6. The Morgan fingerprint density at radius 3 is 2.59 bits per heavy atom. The molecule has 6 nitrogen and oxygen atoms in total. The molecule has 146 valence electrons. The van der Waals surface area contributed by atoms with Crippen LogP contribution in [0.3, 0.4) is 0 Å². The number of benzene rings is 3. The number of nitrogens with zero attached hydrogens (tertiary/aromatic N) is 1. The lowest BCUT2D eigenvalue weighted by Gasteiger charge is -2.10. The second kappa shape index (κ2) is 8.06. The predicted molar refractivity (Wildman–Crippen MR) is 111 cm³/mol. The average Bonchev–Trinajstić information content (AvgIpc) is 3.15. The number of carbonyl (C=O) groups excluding carboxylic acids is 1. The summed E-state index contributed by atoms with van der Waals surface area (Å²) in [6.45, 7) is 0. The summed E-state index contributed by atoms with van der Waals surface area (Å²) in [7, 11) is 3.08. The fourth-order valence-corrected chi connectivity index (χ4v) is 3.08. The van der Waals surface area contributed by atoms with E-state index in [1.807, 2.05) is 30.3 Å². The maximum Gasteiger partial charge on any atom is 0.259 e. The smallest absolute Gasteiger partial charge is 0.259 e. The van der Waals surface area contributed by atoms with E-state index in [9.17, 15) is 4.79 Å². The van der Waals surface area contributed by atoms with Crippen LogP contribution in [0, 0.1) is 0 Å². The normalized spacial score (nSPS) is 10.7. The van der Waals surface area contributed by atoms with Crippen molar-refractivity contribution >= 4 is 22.7 Å². The third-order valence-electron chi connectivity index (χ3n) is 4.54. The first-order valence-electron chi connectivity index (χ1n) is 9.13. The summed E-state index contributed by atoms with van der Waals surface area (Å²) in [5.41, 5.74) is 3.53. The van der Waals surface area contributed by atoms with Gasteiger partial charge in [-0.2, -0.15) is 0 Å². The summed E-state index contributed by atoms with van der Waals surface area (Å²) in [6.07, 6.45) is 0.611. The number of hydrogen-bond acceptors (Lipinski definition) is 5. The summed E-state index contributed by atoms with van der Waals surface area (Å²) in [6, 6.07) is 20.4. The molecule has 0 aliphatic rings. The molecule has 6 heteroatoms. The number of fused-ring (bicyclic) bond motifs is 1. The Kier molecular flexibility index (Phi) is 5.16. The molecule has 0 aliphatic carbocycles. The fourth-order valence-electron chi connectivity index (χ4n) is 3.08. The Balaban J connectivity index is 1.54. The molecule has 0 saturated heterocycles. The van der Waals surface area contributed by atoms with Crippen molar-refractivity contribution in [2.45, 2.75) is 6.42 Å². The Hall–Kier alpha value is -3.80. The van der Waals surface area contributed by atoms with E-state index in [-0.39, 0.29) is 5.91 Å². The van der Waals surface area contributed by atoms with Crippen LogP contribution in [-0.2, 0) is 6.42 Å². The zero-order valence-electron chi connectivity index (χ0n) is 16.1. The highest BCUT2D eigenvalue weighted by molar-refractivity contribution is 6.06. The maximum absolute atomic E-state index is 12.7. The molecule has 1 amide bonds. The van der Waals surface area contributed by atoms with Gasteiger partial charge in [-0.25, -0.2) is 4.98 Å². The van der Waals surface area contributed by atoms with Crippen LogP contribution in [0.5, 0.6) is 11.5 Å². The lowest BCUT2D eigenvalue weighted by atomic mass is 10.1. The Labute approximate surface area is 168 Å². The van der Waals surface area contributed by atoms with E-state index in [0.29, 0.717) is 46.2 Å². The number of oxazole rings is 1. The monoisotopic (exact) mass is 388 g/mol. The molecule has 29 heavy (non-hydrogen) atoms. The van der Waals surface area contributed by atoms with Gasteiger partial charge in [0.05, 0.1) is 19.8 Å². The van der Waals surface area contributed by atoms with Crippen molar-refractivity contribution in [2.75, 3.05) is 19.5 Å². The number of rotatable bonds is 6. The zero-order valence-corrected chi connectivity index (χ0v) is 16.1. The summed E-state index contributed by atoms with van der Waals surface area (Å²) in [4.78, 5) is 17.2. The quantitative estimate of drug-likeness (QED) is 0.519. The number of nitrogens with one attached hydrogen (secondary N) is 1. The van der Waals surface area contributed by atoms with Gasteiger partial charge in [0, 0.05) is 18.2 Å². The van der Waals surface area contributed by atoms with E-state index in [0.717, 1.165) is 5.56 Å². The van der Waals surface area contributed by atoms with Gasteiger partial charge in [0.1, 0.15) is 17.0 Å². The summed E-state index contributed by atoms with van der Waals surface area (Å²) < 4.78 is 16.3. The number of hydrogen-bond donors (Lipinski definition) is 1. The van der Waals surface area contributed by atoms with Gasteiger partial charge in [0.15, 0.2) is 11.5 Å². The molecule has 0 unspecified atom stereocenters. The number of aromatic nitrogens is 1. The topological polar surface area (TPSA) is 73.6 Å². The standard InChI is InChI=1S/C23H20N2O4/c1-27-17-9-10-18(21(14-17)28-2)23(26)24-16-8-11-20-19(13-16)25-22(29-20)12-15-6-4-3-5-7-15/h3-11,13-14H,12H2,1-2H3,(H,24,26). The van der Waals surface area contributed by atoms with E-state index in [1.165, 1.54) is 7.11 Å². The van der Waals surface area contributed by atoms with Crippen LogP contribution in [0.2, 0.25) is 0 Å². The predicted octanol–water partition coefficient (Wildman–Crippen LogP) is 4.69. The Morgan fingerprint density at radius 2 is 1.83 bits per heavy atom. The third-order valence-corrected chi connectivity index (χ3v) is 4.54. The minimum Gasteiger partial charge on any atom is -0.497 e. The number of anilines is 1. The minimum absolute atomic E-state index is 0.281. The number of ether oxygens (including phenoxy) is 2. The molecule has 1 heterocycles. The largest absolute Gasteiger partial charge is 0.497 e. The highest BCUT2D eigenvalue weighted by atomic mass is 16.5. The molecular weight excluding hydrogens is 368 g/mol. The third kappa shape index (κ3) is 4.06. The SMILES string of the molecule is COc1ccc(C(=O)Nc2ccc3oc(Cc4ccccc4)nc3c2)c(OC)c1. The number of amides is 1. The second-order valence-corrected chi connectivity index (χ2v) is 6.47. The van der Waals surface area contributed by atoms with Gasteiger partial charge in [-0.05, 0) is 35.9 Å². The van der Waals surface area contributed by atoms with Crippen LogP contribution in [0.15, 0.2) is 71.1 Å². The molecule has 1 N–H and O–H groups in total. The van der Waals surface area contributed by atoms with Crippen LogP contribution < -0.4 is 14.8 Å². The lowest BCUT2D eigenvalue weighted by Crippen LogP contribution is -2.13. The van der Waals surface area contributed by atoms with Crippen molar-refractivity contribution in [3.8, 4) is 11.5 Å². The van der Waals surface area contributed by atoms with E-state index >= 15 is 0 Å². The molecule has 0 bridgehead atoms. The molecule has 0 saturated carbocycles. The molecule has 3 aromatic carbocycles. The molecule has 0 atom stereocenters. The van der Waals surface area contributed by atoms with Gasteiger partial charge in [-0.3, -0.25) is 4.79 Å². The Bertz CT molecular complexity index is 1150. The molecule has 4 aromatic rings. The van der Waals surface area contributed by atoms with Crippen molar-refractivity contribution in [1.82, 2.24) is 4.98 Å². The summed E-state index contributed by atoms with van der Waals surface area (Å²) in [5, 5.41) is 2.88. The summed E-state index contributed by atoms with van der Waals surface area (Å²) in [5.74, 6) is 1.41. The molecule has 0 aliphatic heterocycles. The van der Waals surface area contributed by atoms with E-state index in [2.05, 4.69) is 10.3 Å². The molecule has 0 spiro atoms. The van der Waals surface area contributed by atoms with Crippen molar-refractivity contribution in [2.24, 2.45) is 0 Å². The summed E-state index contributed by atoms with van der Waals surface area (Å²) >= 11 is 0. The van der Waals surface area contributed by atoms with Gasteiger partial charge in [0.25, 0.3) is 5.91 Å². The van der Waals surface area contributed by atoms with Crippen LogP contribution in [0.4, 0.5) is 5.69 Å². The van der Waals surface area contributed by atoms with E-state index < -0.39 is 0 Å². The minimum atomic E-state index is -0.281. The highest BCUT2D eigenvalue weighted by Crippen LogP contribution is 2.26. The van der Waals surface area contributed by atoms with E-state index in [4.69, 9.17) is 13.9 Å². The Morgan fingerprint density at radius 1 is 1.00 bits per heavy atom. The lowest BCUT2D eigenvalue weighted by molar-refractivity contribution is 0.102. The van der Waals surface area contributed by atoms with Gasteiger partial charge in [-0.15, -0.1) is 0 Å². The van der Waals surface area contributed by atoms with Crippen LogP contribution in [-0.4, -0.2) is 25.1 Å².